The van der Waals surface area contributed by atoms with Crippen LogP contribution in [0.1, 0.15) is 24.5 Å². The van der Waals surface area contributed by atoms with Gasteiger partial charge in [-0.1, -0.05) is 18.2 Å². The number of hydrogen-bond donors (Lipinski definition) is 3. The number of nitrogens with two attached hydrogens (primary N) is 1. The van der Waals surface area contributed by atoms with Crippen LogP contribution in [0.25, 0.3) is 34.3 Å². The summed E-state index contributed by atoms with van der Waals surface area (Å²) < 4.78 is 31.6. The first-order valence-corrected chi connectivity index (χ1v) is 12.9. The first kappa shape index (κ1) is 25.4. The number of rotatable bonds is 9. The molecule has 0 aliphatic rings. The number of benzene rings is 2. The van der Waals surface area contributed by atoms with E-state index in [0.717, 1.165) is 17.7 Å². The number of nitrogens with zero attached hydrogens (tertiary/aromatic N) is 4. The fraction of sp³-hybridized carbons (Fsp3) is 0.280. The van der Waals surface area contributed by atoms with E-state index in [1.807, 2.05) is 31.3 Å². The Hall–Kier alpha value is -3.67. The van der Waals surface area contributed by atoms with E-state index in [2.05, 4.69) is 25.5 Å². The summed E-state index contributed by atoms with van der Waals surface area (Å²) in [5, 5.41) is 19.8. The molecule has 1 atom stereocenters. The Morgan fingerprint density at radius 2 is 1.78 bits per heavy atom. The Morgan fingerprint density at radius 3 is 2.44 bits per heavy atom. The molecule has 2 heterocycles. The van der Waals surface area contributed by atoms with Gasteiger partial charge in [0.15, 0.2) is 21.3 Å². The van der Waals surface area contributed by atoms with Crippen LogP contribution in [0.5, 0.6) is 0 Å². The summed E-state index contributed by atoms with van der Waals surface area (Å²) >= 11 is 0. The zero-order valence-corrected chi connectivity index (χ0v) is 21.1. The standard InChI is InChI=1S/C25H28N6O4S/c1-15-12-19(8-9-21(15)36(33,34)16(2)10-11-32)20-14-28-23(26)22(29-20)25-31-30-24(35-25)18-6-4-17(5-7-18)13-27-3/h4-9,12,14,16,27,32H,10-11,13H2,1-3H3,(H2,26,28). The third-order valence-electron chi connectivity index (χ3n) is 5.85. The molecule has 0 bridgehead atoms. The molecule has 2 aromatic heterocycles. The molecule has 1 unspecified atom stereocenters. The lowest BCUT2D eigenvalue weighted by atomic mass is 10.1. The SMILES string of the molecule is CNCc1ccc(-c2nnc(-c3nc(-c4ccc(S(=O)(=O)C(C)CCO)c(C)c4)cnc3N)o2)cc1. The van der Waals surface area contributed by atoms with E-state index in [1.165, 1.54) is 6.20 Å². The van der Waals surface area contributed by atoms with Gasteiger partial charge in [0.25, 0.3) is 5.89 Å². The van der Waals surface area contributed by atoms with E-state index in [-0.39, 0.29) is 35.3 Å². The highest BCUT2D eigenvalue weighted by Crippen LogP contribution is 2.30. The first-order chi connectivity index (χ1) is 17.2. The van der Waals surface area contributed by atoms with Crippen molar-refractivity contribution in [3.63, 3.8) is 0 Å². The molecule has 0 saturated heterocycles. The number of hydrogen-bond acceptors (Lipinski definition) is 10. The molecule has 188 valence electrons. The van der Waals surface area contributed by atoms with Crippen molar-refractivity contribution < 1.29 is 17.9 Å². The quantitative estimate of drug-likeness (QED) is 0.307. The lowest BCUT2D eigenvalue weighted by Gasteiger charge is -2.14. The van der Waals surface area contributed by atoms with Crippen LogP contribution in [-0.4, -0.2) is 52.6 Å². The smallest absolute Gasteiger partial charge is 0.270 e. The minimum absolute atomic E-state index is 0.130. The summed E-state index contributed by atoms with van der Waals surface area (Å²) in [7, 11) is -1.69. The normalized spacial score (nSPS) is 12.6. The number of aliphatic hydroxyl groups excluding tert-OH is 1. The number of nitrogen functional groups attached to an aromatic ring is 1. The van der Waals surface area contributed by atoms with Gasteiger partial charge >= 0.3 is 0 Å². The van der Waals surface area contributed by atoms with E-state index in [9.17, 15) is 8.42 Å². The average Bonchev–Trinajstić information content (AvgIpc) is 3.35. The third-order valence-corrected chi connectivity index (χ3v) is 8.22. The molecule has 0 radical (unpaired) electrons. The van der Waals surface area contributed by atoms with Gasteiger partial charge < -0.3 is 20.6 Å². The van der Waals surface area contributed by atoms with Crippen LogP contribution in [0.15, 0.2) is 58.0 Å². The van der Waals surface area contributed by atoms with Gasteiger partial charge in [0, 0.05) is 24.3 Å². The Labute approximate surface area is 209 Å². The summed E-state index contributed by atoms with van der Waals surface area (Å²) in [4.78, 5) is 9.04. The van der Waals surface area contributed by atoms with Crippen LogP contribution in [0.2, 0.25) is 0 Å². The van der Waals surface area contributed by atoms with Crippen LogP contribution in [0, 0.1) is 6.92 Å². The highest BCUT2D eigenvalue weighted by molar-refractivity contribution is 7.92. The maximum absolute atomic E-state index is 12.9. The van der Waals surface area contributed by atoms with Crippen molar-refractivity contribution in [2.45, 2.75) is 37.0 Å². The maximum atomic E-state index is 12.9. The second-order valence-electron chi connectivity index (χ2n) is 8.48. The molecular formula is C25H28N6O4S. The van der Waals surface area contributed by atoms with Gasteiger partial charge in [0.2, 0.25) is 5.89 Å². The van der Waals surface area contributed by atoms with Crippen LogP contribution in [0.4, 0.5) is 5.82 Å². The van der Waals surface area contributed by atoms with Gasteiger partial charge in [-0.2, -0.15) is 0 Å². The Kier molecular flexibility index (Phi) is 7.43. The summed E-state index contributed by atoms with van der Waals surface area (Å²) in [6.07, 6.45) is 1.68. The molecule has 4 N–H and O–H groups in total. The summed E-state index contributed by atoms with van der Waals surface area (Å²) in [5.74, 6) is 0.590. The van der Waals surface area contributed by atoms with Crippen molar-refractivity contribution in [2.24, 2.45) is 0 Å². The molecule has 36 heavy (non-hydrogen) atoms. The van der Waals surface area contributed by atoms with Crippen LogP contribution >= 0.6 is 0 Å². The van der Waals surface area contributed by atoms with Crippen molar-refractivity contribution >= 4 is 15.7 Å². The molecule has 0 spiro atoms. The monoisotopic (exact) mass is 508 g/mol. The second-order valence-corrected chi connectivity index (χ2v) is 10.8. The van der Waals surface area contributed by atoms with Crippen LogP contribution in [0.3, 0.4) is 0 Å². The first-order valence-electron chi connectivity index (χ1n) is 11.4. The Balaban J connectivity index is 1.64. The largest absolute Gasteiger partial charge is 0.414 e. The molecule has 0 saturated carbocycles. The van der Waals surface area contributed by atoms with Crippen molar-refractivity contribution in [3.05, 3.63) is 59.8 Å². The van der Waals surface area contributed by atoms with Gasteiger partial charge in [-0.3, -0.25) is 0 Å². The number of anilines is 1. The number of nitrogens with one attached hydrogen (secondary N) is 1. The van der Waals surface area contributed by atoms with E-state index >= 15 is 0 Å². The number of aromatic nitrogens is 4. The average molecular weight is 509 g/mol. The van der Waals surface area contributed by atoms with E-state index in [0.29, 0.717) is 22.7 Å². The topological polar surface area (TPSA) is 157 Å². The molecule has 0 amide bonds. The van der Waals surface area contributed by atoms with Gasteiger partial charge in [-0.05, 0) is 62.7 Å². The molecule has 2 aromatic carbocycles. The maximum Gasteiger partial charge on any atom is 0.270 e. The van der Waals surface area contributed by atoms with Crippen LogP contribution < -0.4 is 11.1 Å². The predicted octanol–water partition coefficient (Wildman–Crippen LogP) is 3.02. The predicted molar refractivity (Wildman–Crippen MR) is 136 cm³/mol. The zero-order chi connectivity index (χ0) is 25.9. The molecular weight excluding hydrogens is 480 g/mol. The van der Waals surface area contributed by atoms with Crippen molar-refractivity contribution in [2.75, 3.05) is 19.4 Å². The lowest BCUT2D eigenvalue weighted by molar-refractivity contribution is 0.287. The lowest BCUT2D eigenvalue weighted by Crippen LogP contribution is -2.20. The highest BCUT2D eigenvalue weighted by Gasteiger charge is 2.25. The molecule has 0 aliphatic heterocycles. The summed E-state index contributed by atoms with van der Waals surface area (Å²) in [6, 6.07) is 12.7. The number of aliphatic hydroxyl groups is 1. The van der Waals surface area contributed by atoms with Crippen molar-refractivity contribution in [1.82, 2.24) is 25.5 Å². The molecule has 11 heteroatoms. The van der Waals surface area contributed by atoms with E-state index in [1.54, 1.807) is 32.0 Å². The van der Waals surface area contributed by atoms with Gasteiger partial charge in [0.05, 0.1) is 22.0 Å². The summed E-state index contributed by atoms with van der Waals surface area (Å²) in [6.45, 7) is 3.87. The highest BCUT2D eigenvalue weighted by atomic mass is 32.2. The molecule has 0 aliphatic carbocycles. The Bertz CT molecular complexity index is 1470. The van der Waals surface area contributed by atoms with Gasteiger partial charge in [0.1, 0.15) is 0 Å². The zero-order valence-electron chi connectivity index (χ0n) is 20.3. The fourth-order valence-corrected chi connectivity index (χ4v) is 5.40. The second kappa shape index (κ2) is 10.5. The van der Waals surface area contributed by atoms with Crippen molar-refractivity contribution in [3.8, 4) is 34.3 Å². The minimum atomic E-state index is -3.57. The van der Waals surface area contributed by atoms with Crippen molar-refractivity contribution in [1.29, 1.82) is 0 Å². The molecule has 4 rings (SSSR count). The van der Waals surface area contributed by atoms with Gasteiger partial charge in [-0.25, -0.2) is 18.4 Å². The number of aryl methyl sites for hydroxylation is 1. The summed E-state index contributed by atoms with van der Waals surface area (Å²) in [5.41, 5.74) is 9.90. The Morgan fingerprint density at radius 1 is 1.08 bits per heavy atom. The number of sulfone groups is 1. The third kappa shape index (κ3) is 5.13. The molecule has 4 aromatic rings. The fourth-order valence-electron chi connectivity index (χ4n) is 3.78. The van der Waals surface area contributed by atoms with E-state index in [4.69, 9.17) is 15.3 Å². The van der Waals surface area contributed by atoms with Crippen LogP contribution in [-0.2, 0) is 16.4 Å². The van der Waals surface area contributed by atoms with Gasteiger partial charge in [-0.15, -0.1) is 10.2 Å². The molecule has 10 nitrogen and oxygen atoms in total. The molecule has 0 fully saturated rings. The minimum Gasteiger partial charge on any atom is -0.414 e. The van der Waals surface area contributed by atoms with E-state index < -0.39 is 15.1 Å².